The number of hydrogen-bond donors (Lipinski definition) is 1. The summed E-state index contributed by atoms with van der Waals surface area (Å²) < 4.78 is 0.860. The molecule has 0 spiro atoms. The molecule has 5 heteroatoms. The van der Waals surface area contributed by atoms with Crippen molar-refractivity contribution in [3.63, 3.8) is 0 Å². The maximum Gasteiger partial charge on any atom is 0.0934 e. The third-order valence-electron chi connectivity index (χ3n) is 4.61. The number of hydrogen-bond acceptors (Lipinski definition) is 4. The highest BCUT2D eigenvalue weighted by atomic mass is 35.5. The minimum atomic E-state index is 0.290. The molecule has 0 saturated heterocycles. The van der Waals surface area contributed by atoms with Crippen LogP contribution in [0.15, 0.2) is 41.5 Å². The smallest absolute Gasteiger partial charge is 0.0934 e. The third-order valence-corrected chi connectivity index (χ3v) is 5.88. The average Bonchev–Trinajstić information content (AvgIpc) is 2.95. The van der Waals surface area contributed by atoms with Crippen LogP contribution in [0.2, 0.25) is 4.34 Å². The average molecular weight is 360 g/mol. The first-order valence-corrected chi connectivity index (χ1v) is 9.16. The topological polar surface area (TPSA) is 41.6 Å². The van der Waals surface area contributed by atoms with Crippen molar-refractivity contribution >= 4 is 34.2 Å². The highest BCUT2D eigenvalue weighted by Gasteiger charge is 2.29. The zero-order valence-corrected chi connectivity index (χ0v) is 15.8. The Hall–Kier alpha value is -1.62. The van der Waals surface area contributed by atoms with Crippen LogP contribution in [0, 0.1) is 0 Å². The maximum atomic E-state index is 6.30. The van der Waals surface area contributed by atoms with Crippen molar-refractivity contribution in [2.75, 3.05) is 20.6 Å². The van der Waals surface area contributed by atoms with Gasteiger partial charge in [-0.2, -0.15) is 0 Å². The fourth-order valence-corrected chi connectivity index (χ4v) is 4.81. The van der Waals surface area contributed by atoms with Crippen LogP contribution < -0.4 is 5.73 Å². The van der Waals surface area contributed by atoms with Crippen molar-refractivity contribution in [2.45, 2.75) is 19.4 Å². The molecule has 0 aliphatic carbocycles. The Morgan fingerprint density at radius 1 is 1.38 bits per heavy atom. The number of allylic oxidation sites excluding steroid dienone is 1. The molecule has 0 bridgehead atoms. The molecule has 0 amide bonds. The zero-order chi connectivity index (χ0) is 17.3. The Labute approximate surface area is 152 Å². The first kappa shape index (κ1) is 17.2. The molecule has 24 heavy (non-hydrogen) atoms. The number of likely N-dealkylation sites (N-methyl/N-ethyl adjacent to an activating group) is 1. The van der Waals surface area contributed by atoms with Crippen LogP contribution in [-0.4, -0.2) is 31.3 Å². The standard InChI is InChI=1S/C19H22ClN3S/c1-12(22-2)16(9-21)13-6-4-5-7-14(13)17-10-23(3)11-18-15(17)8-19(20)24-18/h4-9,17H,10-11,21H2,1-3H3/b16-9+,22-12?. The molecule has 3 nitrogen and oxygen atoms in total. The lowest BCUT2D eigenvalue weighted by atomic mass is 9.83. The van der Waals surface area contributed by atoms with E-state index >= 15 is 0 Å². The van der Waals surface area contributed by atoms with Crippen molar-refractivity contribution in [1.82, 2.24) is 4.90 Å². The van der Waals surface area contributed by atoms with E-state index in [0.717, 1.165) is 34.3 Å². The summed E-state index contributed by atoms with van der Waals surface area (Å²) in [6, 6.07) is 10.6. The number of nitrogens with zero attached hydrogens (tertiary/aromatic N) is 2. The van der Waals surface area contributed by atoms with Gasteiger partial charge in [-0.1, -0.05) is 35.9 Å². The minimum absolute atomic E-state index is 0.290. The van der Waals surface area contributed by atoms with Crippen LogP contribution in [0.5, 0.6) is 0 Å². The molecule has 126 valence electrons. The van der Waals surface area contributed by atoms with E-state index in [9.17, 15) is 0 Å². The van der Waals surface area contributed by atoms with Gasteiger partial charge in [0.2, 0.25) is 0 Å². The second kappa shape index (κ2) is 7.09. The Morgan fingerprint density at radius 3 is 2.83 bits per heavy atom. The lowest BCUT2D eigenvalue weighted by molar-refractivity contribution is 0.299. The molecule has 1 aliphatic rings. The van der Waals surface area contributed by atoms with Crippen LogP contribution in [-0.2, 0) is 6.54 Å². The molecule has 1 unspecified atom stereocenters. The van der Waals surface area contributed by atoms with E-state index in [-0.39, 0.29) is 0 Å². The van der Waals surface area contributed by atoms with Gasteiger partial charge in [0.1, 0.15) is 0 Å². The monoisotopic (exact) mass is 359 g/mol. The van der Waals surface area contributed by atoms with Crippen molar-refractivity contribution in [2.24, 2.45) is 10.7 Å². The number of nitrogens with two attached hydrogens (primary N) is 1. The summed E-state index contributed by atoms with van der Waals surface area (Å²) in [7, 11) is 3.96. The largest absolute Gasteiger partial charge is 0.404 e. The maximum absolute atomic E-state index is 6.30. The molecule has 2 N–H and O–H groups in total. The highest BCUT2D eigenvalue weighted by molar-refractivity contribution is 7.16. The summed E-state index contributed by atoms with van der Waals surface area (Å²) in [4.78, 5) is 8.03. The molecule has 1 aromatic carbocycles. The molecular weight excluding hydrogens is 338 g/mol. The molecule has 2 heterocycles. The van der Waals surface area contributed by atoms with Crippen molar-refractivity contribution in [1.29, 1.82) is 0 Å². The second-order valence-corrected chi connectivity index (χ2v) is 7.92. The van der Waals surface area contributed by atoms with Crippen LogP contribution >= 0.6 is 22.9 Å². The van der Waals surface area contributed by atoms with E-state index < -0.39 is 0 Å². The Bertz CT molecular complexity index is 807. The van der Waals surface area contributed by atoms with E-state index in [0.29, 0.717) is 5.92 Å². The fourth-order valence-electron chi connectivity index (χ4n) is 3.38. The molecule has 0 fully saturated rings. The number of aliphatic imine (C=N–C) groups is 1. The van der Waals surface area contributed by atoms with Crippen molar-refractivity contribution in [3.05, 3.63) is 62.4 Å². The summed E-state index contributed by atoms with van der Waals surface area (Å²) in [5, 5.41) is 0. The normalized spacial score (nSPS) is 19.4. The molecule has 3 rings (SSSR count). The van der Waals surface area contributed by atoms with E-state index in [1.54, 1.807) is 24.6 Å². The van der Waals surface area contributed by atoms with Crippen LogP contribution in [0.4, 0.5) is 0 Å². The number of halogens is 1. The van der Waals surface area contributed by atoms with Gasteiger partial charge in [0, 0.05) is 48.4 Å². The first-order chi connectivity index (χ1) is 11.5. The SMILES string of the molecule is CN=C(C)/C(=C\N)c1ccccc1C1CN(C)Cc2sc(Cl)cc21. The molecule has 2 aromatic rings. The van der Waals surface area contributed by atoms with Gasteiger partial charge >= 0.3 is 0 Å². The molecule has 0 saturated carbocycles. The van der Waals surface area contributed by atoms with E-state index in [2.05, 4.69) is 47.3 Å². The molecule has 1 aliphatic heterocycles. The molecule has 1 aromatic heterocycles. The molecule has 0 radical (unpaired) electrons. The van der Waals surface area contributed by atoms with Crippen LogP contribution in [0.25, 0.3) is 5.57 Å². The van der Waals surface area contributed by atoms with Crippen molar-refractivity contribution < 1.29 is 0 Å². The van der Waals surface area contributed by atoms with Gasteiger partial charge < -0.3 is 10.6 Å². The number of benzene rings is 1. The Morgan fingerprint density at radius 2 is 2.12 bits per heavy atom. The van der Waals surface area contributed by atoms with E-state index in [1.807, 2.05) is 6.92 Å². The zero-order valence-electron chi connectivity index (χ0n) is 14.2. The summed E-state index contributed by atoms with van der Waals surface area (Å²) in [5.41, 5.74) is 11.6. The van der Waals surface area contributed by atoms with Gasteiger partial charge in [-0.25, -0.2) is 0 Å². The minimum Gasteiger partial charge on any atom is -0.404 e. The predicted octanol–water partition coefficient (Wildman–Crippen LogP) is 4.37. The summed E-state index contributed by atoms with van der Waals surface area (Å²) in [5.74, 6) is 0.290. The number of fused-ring (bicyclic) bond motifs is 1. The van der Waals surface area contributed by atoms with Crippen LogP contribution in [0.1, 0.15) is 34.4 Å². The van der Waals surface area contributed by atoms with E-state index in [4.69, 9.17) is 17.3 Å². The van der Waals surface area contributed by atoms with Crippen LogP contribution in [0.3, 0.4) is 0 Å². The molecule has 1 atom stereocenters. The van der Waals surface area contributed by atoms with Crippen molar-refractivity contribution in [3.8, 4) is 0 Å². The number of thiophene rings is 1. The van der Waals surface area contributed by atoms with Gasteiger partial charge in [0.05, 0.1) is 4.34 Å². The fraction of sp³-hybridized carbons (Fsp3) is 0.316. The predicted molar refractivity (Wildman–Crippen MR) is 105 cm³/mol. The summed E-state index contributed by atoms with van der Waals surface area (Å²) in [6.07, 6.45) is 1.66. The van der Waals surface area contributed by atoms with E-state index in [1.165, 1.54) is 16.0 Å². The van der Waals surface area contributed by atoms with Gasteiger partial charge in [-0.3, -0.25) is 4.99 Å². The second-order valence-electron chi connectivity index (χ2n) is 6.15. The summed E-state index contributed by atoms with van der Waals surface area (Å²) in [6.45, 7) is 3.92. The first-order valence-electron chi connectivity index (χ1n) is 7.96. The lowest BCUT2D eigenvalue weighted by Gasteiger charge is -2.31. The molecular formula is C19H22ClN3S. The quantitative estimate of drug-likeness (QED) is 0.827. The van der Waals surface area contributed by atoms with Gasteiger partial charge in [-0.05, 0) is 36.7 Å². The number of rotatable bonds is 3. The third kappa shape index (κ3) is 3.14. The Balaban J connectivity index is 2.14. The van der Waals surface area contributed by atoms with Gasteiger partial charge in [-0.15, -0.1) is 11.3 Å². The summed E-state index contributed by atoms with van der Waals surface area (Å²) >= 11 is 7.99. The highest BCUT2D eigenvalue weighted by Crippen LogP contribution is 2.41. The Kier molecular flexibility index (Phi) is 5.09. The van der Waals surface area contributed by atoms with Gasteiger partial charge in [0.25, 0.3) is 0 Å². The lowest BCUT2D eigenvalue weighted by Crippen LogP contribution is -2.30. The van der Waals surface area contributed by atoms with Gasteiger partial charge in [0.15, 0.2) is 0 Å².